The predicted octanol–water partition coefficient (Wildman–Crippen LogP) is 1.92. The van der Waals surface area contributed by atoms with Gasteiger partial charge in [0.1, 0.15) is 5.78 Å². The fraction of sp³-hybridized carbons (Fsp3) is 0.750. The van der Waals surface area contributed by atoms with Crippen molar-refractivity contribution >= 4 is 17.6 Å². The lowest BCUT2D eigenvalue weighted by atomic mass is 10.1. The fourth-order valence-electron chi connectivity index (χ4n) is 1.38. The summed E-state index contributed by atoms with van der Waals surface area (Å²) in [5.41, 5.74) is 0. The standard InChI is InChI=1S/C12H21NO3/c1-4-10(14)8-7-9-13(11(15)5-2)12(16)6-3/h4-9H2,1-3H3. The molecule has 0 rings (SSSR count). The molecule has 92 valence electrons. The summed E-state index contributed by atoms with van der Waals surface area (Å²) in [6.45, 7) is 5.64. The molecule has 0 unspecified atom stereocenters. The van der Waals surface area contributed by atoms with Crippen LogP contribution in [0, 0.1) is 0 Å². The molecule has 0 N–H and O–H groups in total. The number of Topliss-reactive ketones (excluding diaryl/α,β-unsaturated/α-hetero) is 1. The second-order valence-corrected chi connectivity index (χ2v) is 3.64. The number of amides is 2. The van der Waals surface area contributed by atoms with Crippen LogP contribution in [0.15, 0.2) is 0 Å². The first kappa shape index (κ1) is 14.8. The minimum absolute atomic E-state index is 0.157. The van der Waals surface area contributed by atoms with Gasteiger partial charge in [0.05, 0.1) is 0 Å². The van der Waals surface area contributed by atoms with Crippen LogP contribution in [0.2, 0.25) is 0 Å². The lowest BCUT2D eigenvalue weighted by Gasteiger charge is -2.19. The zero-order valence-corrected chi connectivity index (χ0v) is 10.4. The minimum Gasteiger partial charge on any atom is -0.300 e. The third-order valence-corrected chi connectivity index (χ3v) is 2.44. The highest BCUT2D eigenvalue weighted by Crippen LogP contribution is 2.03. The van der Waals surface area contributed by atoms with Crippen LogP contribution in [-0.2, 0) is 14.4 Å². The summed E-state index contributed by atoms with van der Waals surface area (Å²) in [5.74, 6) is -0.139. The van der Waals surface area contributed by atoms with Crippen molar-refractivity contribution < 1.29 is 14.4 Å². The summed E-state index contributed by atoms with van der Waals surface area (Å²) in [4.78, 5) is 35.3. The Hall–Kier alpha value is -1.19. The Bertz CT molecular complexity index is 245. The van der Waals surface area contributed by atoms with Gasteiger partial charge in [-0.3, -0.25) is 19.3 Å². The van der Waals surface area contributed by atoms with Crippen LogP contribution in [0.5, 0.6) is 0 Å². The van der Waals surface area contributed by atoms with Crippen LogP contribution >= 0.6 is 0 Å². The number of ketones is 1. The summed E-state index contributed by atoms with van der Waals surface area (Å²) in [6, 6.07) is 0. The van der Waals surface area contributed by atoms with E-state index in [2.05, 4.69) is 0 Å². The second kappa shape index (κ2) is 8.02. The van der Waals surface area contributed by atoms with Gasteiger partial charge in [0.25, 0.3) is 0 Å². The quantitative estimate of drug-likeness (QED) is 0.667. The first-order chi connectivity index (χ1) is 7.56. The topological polar surface area (TPSA) is 54.5 Å². The zero-order chi connectivity index (χ0) is 12.6. The van der Waals surface area contributed by atoms with Gasteiger partial charge >= 0.3 is 0 Å². The molecular weight excluding hydrogens is 206 g/mol. The molecular formula is C12H21NO3. The average Bonchev–Trinajstić information content (AvgIpc) is 2.32. The van der Waals surface area contributed by atoms with E-state index in [-0.39, 0.29) is 17.6 Å². The number of carbonyl (C=O) groups is 3. The van der Waals surface area contributed by atoms with E-state index in [4.69, 9.17) is 0 Å². The van der Waals surface area contributed by atoms with Gasteiger partial charge in [-0.1, -0.05) is 20.8 Å². The van der Waals surface area contributed by atoms with Crippen LogP contribution in [0.25, 0.3) is 0 Å². The van der Waals surface area contributed by atoms with Crippen molar-refractivity contribution in [1.82, 2.24) is 4.90 Å². The highest BCUT2D eigenvalue weighted by molar-refractivity contribution is 5.95. The van der Waals surface area contributed by atoms with Crippen LogP contribution in [0.3, 0.4) is 0 Å². The largest absolute Gasteiger partial charge is 0.300 e. The minimum atomic E-state index is -0.157. The number of rotatable bonds is 7. The molecule has 16 heavy (non-hydrogen) atoms. The summed E-state index contributed by atoms with van der Waals surface area (Å²) in [6.07, 6.45) is 2.19. The Labute approximate surface area is 97.0 Å². The molecule has 0 aliphatic heterocycles. The maximum Gasteiger partial charge on any atom is 0.228 e. The van der Waals surface area contributed by atoms with Gasteiger partial charge in [0, 0.05) is 32.2 Å². The molecule has 0 heterocycles. The van der Waals surface area contributed by atoms with Gasteiger partial charge in [-0.05, 0) is 6.42 Å². The molecule has 2 amide bonds. The zero-order valence-electron chi connectivity index (χ0n) is 10.4. The molecule has 4 nitrogen and oxygen atoms in total. The van der Waals surface area contributed by atoms with E-state index < -0.39 is 0 Å². The van der Waals surface area contributed by atoms with Gasteiger partial charge in [0.2, 0.25) is 11.8 Å². The highest BCUT2D eigenvalue weighted by atomic mass is 16.2. The van der Waals surface area contributed by atoms with E-state index >= 15 is 0 Å². The Balaban J connectivity index is 4.18. The van der Waals surface area contributed by atoms with Crippen molar-refractivity contribution in [2.75, 3.05) is 6.54 Å². The first-order valence-corrected chi connectivity index (χ1v) is 5.91. The third-order valence-electron chi connectivity index (χ3n) is 2.44. The van der Waals surface area contributed by atoms with Crippen molar-refractivity contribution in [2.45, 2.75) is 52.9 Å². The first-order valence-electron chi connectivity index (χ1n) is 5.91. The molecule has 0 aromatic carbocycles. The average molecular weight is 227 g/mol. The maximum absolute atomic E-state index is 11.5. The number of carbonyl (C=O) groups excluding carboxylic acids is 3. The van der Waals surface area contributed by atoms with Crippen molar-refractivity contribution in [1.29, 1.82) is 0 Å². The SMILES string of the molecule is CCC(=O)CCCN(C(=O)CC)C(=O)CC. The van der Waals surface area contributed by atoms with E-state index in [9.17, 15) is 14.4 Å². The fourth-order valence-corrected chi connectivity index (χ4v) is 1.38. The number of nitrogens with zero attached hydrogens (tertiary/aromatic N) is 1. The summed E-state index contributed by atoms with van der Waals surface area (Å²) in [5, 5.41) is 0. The van der Waals surface area contributed by atoms with E-state index in [0.29, 0.717) is 38.6 Å². The van der Waals surface area contributed by atoms with Gasteiger partial charge in [-0.2, -0.15) is 0 Å². The molecule has 0 saturated carbocycles. The summed E-state index contributed by atoms with van der Waals surface area (Å²) >= 11 is 0. The van der Waals surface area contributed by atoms with Gasteiger partial charge in [0.15, 0.2) is 0 Å². The second-order valence-electron chi connectivity index (χ2n) is 3.64. The van der Waals surface area contributed by atoms with Crippen LogP contribution in [0.1, 0.15) is 52.9 Å². The van der Waals surface area contributed by atoms with Gasteiger partial charge < -0.3 is 0 Å². The van der Waals surface area contributed by atoms with Crippen molar-refractivity contribution in [3.05, 3.63) is 0 Å². The Morgan fingerprint density at radius 1 is 0.875 bits per heavy atom. The molecule has 0 spiro atoms. The van der Waals surface area contributed by atoms with Gasteiger partial charge in [-0.25, -0.2) is 0 Å². The van der Waals surface area contributed by atoms with Crippen LogP contribution in [-0.4, -0.2) is 29.0 Å². The number of hydrogen-bond acceptors (Lipinski definition) is 3. The molecule has 0 fully saturated rings. The Morgan fingerprint density at radius 3 is 1.75 bits per heavy atom. The molecule has 4 heteroatoms. The van der Waals surface area contributed by atoms with E-state index in [0.717, 1.165) is 0 Å². The van der Waals surface area contributed by atoms with E-state index in [1.165, 1.54) is 4.90 Å². The van der Waals surface area contributed by atoms with Gasteiger partial charge in [-0.15, -0.1) is 0 Å². The lowest BCUT2D eigenvalue weighted by molar-refractivity contribution is -0.144. The third kappa shape index (κ3) is 5.05. The molecule has 0 aliphatic carbocycles. The van der Waals surface area contributed by atoms with Crippen LogP contribution < -0.4 is 0 Å². The number of hydrogen-bond donors (Lipinski definition) is 0. The molecule has 0 saturated heterocycles. The highest BCUT2D eigenvalue weighted by Gasteiger charge is 2.17. The molecule has 0 radical (unpaired) electrons. The van der Waals surface area contributed by atoms with Crippen molar-refractivity contribution in [3.63, 3.8) is 0 Å². The van der Waals surface area contributed by atoms with E-state index in [1.807, 2.05) is 6.92 Å². The molecule has 0 bridgehead atoms. The smallest absolute Gasteiger partial charge is 0.228 e. The molecule has 0 atom stereocenters. The Morgan fingerprint density at radius 2 is 1.38 bits per heavy atom. The molecule has 0 aromatic rings. The maximum atomic E-state index is 11.5. The predicted molar refractivity (Wildman–Crippen MR) is 61.8 cm³/mol. The van der Waals surface area contributed by atoms with Crippen molar-refractivity contribution in [2.24, 2.45) is 0 Å². The summed E-state index contributed by atoms with van der Waals surface area (Å²) in [7, 11) is 0. The van der Waals surface area contributed by atoms with E-state index in [1.54, 1.807) is 13.8 Å². The van der Waals surface area contributed by atoms with Crippen LogP contribution in [0.4, 0.5) is 0 Å². The molecule has 0 aliphatic rings. The lowest BCUT2D eigenvalue weighted by Crippen LogP contribution is -2.36. The molecule has 0 aromatic heterocycles. The normalized spacial score (nSPS) is 9.94. The monoisotopic (exact) mass is 227 g/mol. The summed E-state index contributed by atoms with van der Waals surface area (Å²) < 4.78 is 0. The van der Waals surface area contributed by atoms with Crippen molar-refractivity contribution in [3.8, 4) is 0 Å². The number of imide groups is 1. The Kier molecular flexibility index (Phi) is 7.42.